The Morgan fingerprint density at radius 3 is 2.15 bits per heavy atom. The van der Waals surface area contributed by atoms with Crippen molar-refractivity contribution in [2.45, 2.75) is 13.3 Å². The molecule has 1 aromatic rings. The molecule has 2 rings (SSSR count). The van der Waals surface area contributed by atoms with Crippen molar-refractivity contribution in [1.29, 1.82) is 0 Å². The van der Waals surface area contributed by atoms with Crippen LogP contribution in [0.5, 0.6) is 17.2 Å². The van der Waals surface area contributed by atoms with Crippen LogP contribution in [0.2, 0.25) is 0 Å². The zero-order valence-electron chi connectivity index (χ0n) is 15.8. The number of hydrogen-bond acceptors (Lipinski definition) is 7. The molecule has 0 saturated carbocycles. The molecule has 27 heavy (non-hydrogen) atoms. The van der Waals surface area contributed by atoms with Gasteiger partial charge < -0.3 is 29.6 Å². The highest BCUT2D eigenvalue weighted by Gasteiger charge is 2.36. The fourth-order valence-corrected chi connectivity index (χ4v) is 2.89. The molecular weight excluding hydrogens is 356 g/mol. The van der Waals surface area contributed by atoms with Crippen LogP contribution in [0.15, 0.2) is 23.4 Å². The van der Waals surface area contributed by atoms with Crippen molar-refractivity contribution in [3.8, 4) is 17.2 Å². The van der Waals surface area contributed by atoms with Gasteiger partial charge in [-0.15, -0.1) is 0 Å². The monoisotopic (exact) mass is 378 g/mol. The van der Waals surface area contributed by atoms with E-state index in [2.05, 4.69) is 10.6 Å². The van der Waals surface area contributed by atoms with Crippen LogP contribution in [0.3, 0.4) is 0 Å². The summed E-state index contributed by atoms with van der Waals surface area (Å²) >= 11 is 0. The highest BCUT2D eigenvalue weighted by molar-refractivity contribution is 6.06. The Labute approximate surface area is 156 Å². The van der Waals surface area contributed by atoms with E-state index in [9.17, 15) is 14.4 Å². The molecule has 146 valence electrons. The van der Waals surface area contributed by atoms with E-state index in [1.165, 1.54) is 28.4 Å². The lowest BCUT2D eigenvalue weighted by Crippen LogP contribution is -2.40. The van der Waals surface area contributed by atoms with E-state index in [1.54, 1.807) is 19.1 Å². The molecule has 0 fully saturated rings. The summed E-state index contributed by atoms with van der Waals surface area (Å²) in [5.41, 5.74) is 0.771. The van der Waals surface area contributed by atoms with Crippen LogP contribution in [0.1, 0.15) is 13.3 Å². The van der Waals surface area contributed by atoms with Gasteiger partial charge in [0, 0.05) is 29.9 Å². The molecule has 9 nitrogen and oxygen atoms in total. The van der Waals surface area contributed by atoms with Crippen molar-refractivity contribution in [3.05, 3.63) is 23.4 Å². The topological polar surface area (TPSA) is 112 Å². The zero-order valence-corrected chi connectivity index (χ0v) is 15.8. The second-order valence-electron chi connectivity index (χ2n) is 5.74. The Morgan fingerprint density at radius 1 is 1.07 bits per heavy atom. The quantitative estimate of drug-likeness (QED) is 0.716. The lowest BCUT2D eigenvalue weighted by atomic mass is 9.89. The molecule has 0 aliphatic carbocycles. The minimum absolute atomic E-state index is 0.113. The lowest BCUT2D eigenvalue weighted by Gasteiger charge is -2.25. The molecule has 0 unspecified atom stereocenters. The first-order valence-corrected chi connectivity index (χ1v) is 8.06. The fourth-order valence-electron chi connectivity index (χ4n) is 2.89. The first kappa shape index (κ1) is 20.1. The summed E-state index contributed by atoms with van der Waals surface area (Å²) in [4.78, 5) is 36.7. The third-order valence-corrected chi connectivity index (χ3v) is 4.12. The number of carbonyl (C=O) groups excluding carboxylic acids is 3. The molecule has 1 aliphatic heterocycles. The van der Waals surface area contributed by atoms with Crippen LogP contribution in [-0.4, -0.2) is 46.2 Å². The number of rotatable bonds is 6. The first-order chi connectivity index (χ1) is 12.9. The third-order valence-electron chi connectivity index (χ3n) is 4.12. The highest BCUT2D eigenvalue weighted by Crippen LogP contribution is 2.40. The predicted molar refractivity (Wildman–Crippen MR) is 95.7 cm³/mol. The number of nitrogens with one attached hydrogen (secondary N) is 2. The molecule has 1 aromatic carbocycles. The second kappa shape index (κ2) is 8.43. The average molecular weight is 378 g/mol. The summed E-state index contributed by atoms with van der Waals surface area (Å²) in [7, 11) is 5.59. The molecule has 2 N–H and O–H groups in total. The molecule has 0 radical (unpaired) electrons. The van der Waals surface area contributed by atoms with Gasteiger partial charge in [-0.1, -0.05) is 0 Å². The Balaban J connectivity index is 2.36. The lowest BCUT2D eigenvalue weighted by molar-refractivity contribution is -0.139. The third kappa shape index (κ3) is 4.13. The summed E-state index contributed by atoms with van der Waals surface area (Å²) in [5, 5.41) is 5.23. The molecule has 1 aliphatic rings. The van der Waals surface area contributed by atoms with E-state index >= 15 is 0 Å². The van der Waals surface area contributed by atoms with Gasteiger partial charge in [0.1, 0.15) is 0 Å². The number of esters is 1. The summed E-state index contributed by atoms with van der Waals surface area (Å²) in [6.07, 6.45) is -0.169. The first-order valence-electron chi connectivity index (χ1n) is 8.06. The van der Waals surface area contributed by atoms with Crippen LogP contribution in [-0.2, 0) is 19.1 Å². The smallest absolute Gasteiger partial charge is 0.336 e. The molecular formula is C18H22N2O7. The van der Waals surface area contributed by atoms with E-state index in [0.717, 1.165) is 0 Å². The average Bonchev–Trinajstić information content (AvgIpc) is 2.65. The highest BCUT2D eigenvalue weighted by atomic mass is 16.5. The summed E-state index contributed by atoms with van der Waals surface area (Å²) in [6.45, 7) is 1.54. The zero-order chi connectivity index (χ0) is 20.1. The molecule has 9 heteroatoms. The molecule has 1 heterocycles. The number of benzene rings is 1. The van der Waals surface area contributed by atoms with Gasteiger partial charge in [0.2, 0.25) is 17.6 Å². The number of anilines is 1. The van der Waals surface area contributed by atoms with Crippen molar-refractivity contribution in [1.82, 2.24) is 5.32 Å². The number of allylic oxidation sites excluding steroid dienone is 1. The van der Waals surface area contributed by atoms with Gasteiger partial charge >= 0.3 is 5.97 Å². The second-order valence-corrected chi connectivity index (χ2v) is 5.74. The SMILES string of the molecule is COC(=O)C1=C(C)NC(=O)C[C@@H]1C(=O)Nc1cc(OC)c(OC)c(OC)c1. The fraction of sp³-hybridized carbons (Fsp3) is 0.389. The van der Waals surface area contributed by atoms with E-state index in [0.29, 0.717) is 28.6 Å². The normalized spacial score (nSPS) is 16.3. The Bertz CT molecular complexity index is 776. The van der Waals surface area contributed by atoms with Gasteiger partial charge in [-0.3, -0.25) is 9.59 Å². The van der Waals surface area contributed by atoms with Crippen LogP contribution in [0, 0.1) is 5.92 Å². The van der Waals surface area contributed by atoms with Crippen molar-refractivity contribution in [2.75, 3.05) is 33.8 Å². The Hall–Kier alpha value is -3.23. The van der Waals surface area contributed by atoms with Crippen molar-refractivity contribution in [2.24, 2.45) is 5.92 Å². The van der Waals surface area contributed by atoms with Gasteiger partial charge in [0.05, 0.1) is 39.9 Å². The van der Waals surface area contributed by atoms with Crippen LogP contribution in [0.4, 0.5) is 5.69 Å². The van der Waals surface area contributed by atoms with E-state index in [-0.39, 0.29) is 17.9 Å². The number of amides is 2. The molecule has 0 saturated heterocycles. The van der Waals surface area contributed by atoms with Crippen molar-refractivity contribution < 1.29 is 33.3 Å². The van der Waals surface area contributed by atoms with Crippen molar-refractivity contribution >= 4 is 23.5 Å². The number of carbonyl (C=O) groups is 3. The molecule has 2 amide bonds. The van der Waals surface area contributed by atoms with Gasteiger partial charge in [0.15, 0.2) is 11.5 Å². The Morgan fingerprint density at radius 2 is 1.67 bits per heavy atom. The summed E-state index contributed by atoms with van der Waals surface area (Å²) < 4.78 is 20.5. The van der Waals surface area contributed by atoms with E-state index in [1.807, 2.05) is 0 Å². The van der Waals surface area contributed by atoms with Crippen LogP contribution >= 0.6 is 0 Å². The van der Waals surface area contributed by atoms with Crippen LogP contribution in [0.25, 0.3) is 0 Å². The number of hydrogen-bond donors (Lipinski definition) is 2. The predicted octanol–water partition coefficient (Wildman–Crippen LogP) is 1.23. The summed E-state index contributed by atoms with van der Waals surface area (Å²) in [6, 6.07) is 3.10. The summed E-state index contributed by atoms with van der Waals surface area (Å²) in [5.74, 6) is -1.45. The minimum Gasteiger partial charge on any atom is -0.493 e. The minimum atomic E-state index is -0.981. The van der Waals surface area contributed by atoms with Gasteiger partial charge in [-0.05, 0) is 6.92 Å². The van der Waals surface area contributed by atoms with Crippen molar-refractivity contribution in [3.63, 3.8) is 0 Å². The molecule has 0 bridgehead atoms. The largest absolute Gasteiger partial charge is 0.493 e. The van der Waals surface area contributed by atoms with E-state index < -0.39 is 17.8 Å². The van der Waals surface area contributed by atoms with Gasteiger partial charge in [-0.2, -0.15) is 0 Å². The van der Waals surface area contributed by atoms with Crippen LogP contribution < -0.4 is 24.8 Å². The maximum Gasteiger partial charge on any atom is 0.336 e. The molecule has 0 spiro atoms. The van der Waals surface area contributed by atoms with E-state index in [4.69, 9.17) is 18.9 Å². The van der Waals surface area contributed by atoms with Gasteiger partial charge in [0.25, 0.3) is 0 Å². The molecule has 0 aromatic heterocycles. The Kier molecular flexibility index (Phi) is 6.27. The number of methoxy groups -OCH3 is 4. The molecule has 1 atom stereocenters. The van der Waals surface area contributed by atoms with Gasteiger partial charge in [-0.25, -0.2) is 4.79 Å². The maximum absolute atomic E-state index is 12.8. The maximum atomic E-state index is 12.8. The number of ether oxygens (including phenoxy) is 4. The standard InChI is InChI=1S/C18H22N2O7/c1-9-15(18(23)27-5)11(8-14(21)19-9)17(22)20-10-6-12(24-2)16(26-4)13(7-10)25-3/h6-7,11H,8H2,1-5H3,(H,19,21)(H,20,22)/t11-/m0/s1.